The lowest BCUT2D eigenvalue weighted by atomic mass is 9.97. The summed E-state index contributed by atoms with van der Waals surface area (Å²) in [4.78, 5) is 19.2. The number of hydrogen-bond acceptors (Lipinski definition) is 2. The number of halogens is 2. The number of nitrogens with one attached hydrogen (secondary N) is 1. The molecule has 0 amide bonds. The molecule has 3 nitrogen and oxygen atoms in total. The summed E-state index contributed by atoms with van der Waals surface area (Å²) in [5.74, 6) is 0.455. The number of aryl methyl sites for hydroxylation is 1. The van der Waals surface area contributed by atoms with Gasteiger partial charge in [0, 0.05) is 16.7 Å². The Morgan fingerprint density at radius 2 is 1.80 bits per heavy atom. The predicted molar refractivity (Wildman–Crippen MR) is 71.9 cm³/mol. The van der Waals surface area contributed by atoms with E-state index in [2.05, 4.69) is 9.97 Å². The average molecular weight is 276 g/mol. The highest BCUT2D eigenvalue weighted by molar-refractivity contribution is 5.55. The lowest BCUT2D eigenvalue weighted by molar-refractivity contribution is 0.151. The second-order valence-corrected chi connectivity index (χ2v) is 4.97. The molecule has 0 aliphatic heterocycles. The van der Waals surface area contributed by atoms with Crippen molar-refractivity contribution >= 4 is 0 Å². The van der Waals surface area contributed by atoms with Crippen LogP contribution in [0.25, 0.3) is 11.4 Å². The van der Waals surface area contributed by atoms with Gasteiger partial charge in [-0.3, -0.25) is 4.79 Å². The minimum Gasteiger partial charge on any atom is -0.306 e. The topological polar surface area (TPSA) is 45.8 Å². The molecule has 1 heterocycles. The van der Waals surface area contributed by atoms with Gasteiger partial charge < -0.3 is 4.98 Å². The highest BCUT2D eigenvalue weighted by atomic mass is 19.3. The van der Waals surface area contributed by atoms with E-state index in [1.807, 2.05) is 0 Å². The van der Waals surface area contributed by atoms with Gasteiger partial charge in [-0.1, -0.05) is 24.3 Å². The number of fused-ring (bicyclic) bond motifs is 1. The van der Waals surface area contributed by atoms with Gasteiger partial charge in [-0.05, 0) is 25.7 Å². The lowest BCUT2D eigenvalue weighted by Gasteiger charge is -2.14. The van der Waals surface area contributed by atoms with Crippen LogP contribution < -0.4 is 5.56 Å². The molecule has 2 aromatic rings. The predicted octanol–water partition coefficient (Wildman–Crippen LogP) is 3.25. The van der Waals surface area contributed by atoms with Crippen molar-refractivity contribution < 1.29 is 8.78 Å². The summed E-state index contributed by atoms with van der Waals surface area (Å²) >= 11 is 0. The van der Waals surface area contributed by atoms with Crippen molar-refractivity contribution in [1.82, 2.24) is 9.97 Å². The van der Waals surface area contributed by atoms with E-state index in [0.717, 1.165) is 36.9 Å². The van der Waals surface area contributed by atoms with Crippen LogP contribution in [0.4, 0.5) is 8.78 Å². The molecule has 0 unspecified atom stereocenters. The highest BCUT2D eigenvalue weighted by Gasteiger charge is 2.16. The molecule has 1 aliphatic carbocycles. The first-order chi connectivity index (χ1) is 9.65. The van der Waals surface area contributed by atoms with Crippen molar-refractivity contribution in [3.63, 3.8) is 0 Å². The van der Waals surface area contributed by atoms with Gasteiger partial charge in [0.15, 0.2) is 0 Å². The summed E-state index contributed by atoms with van der Waals surface area (Å²) in [7, 11) is 0. The molecule has 0 bridgehead atoms. The number of nitrogens with zero attached hydrogens (tertiary/aromatic N) is 1. The van der Waals surface area contributed by atoms with E-state index in [9.17, 15) is 13.6 Å². The SMILES string of the molecule is O=c1[nH]c(-c2ccc(C(F)F)cc2)nc2c1CCCC2. The van der Waals surface area contributed by atoms with E-state index >= 15 is 0 Å². The molecule has 0 saturated heterocycles. The molecule has 0 spiro atoms. The Bertz CT molecular complexity index is 677. The fraction of sp³-hybridized carbons (Fsp3) is 0.333. The molecular formula is C15H14F2N2O. The second-order valence-electron chi connectivity index (χ2n) is 4.97. The number of hydrogen-bond donors (Lipinski definition) is 1. The Balaban J connectivity index is 2.02. The first-order valence-electron chi connectivity index (χ1n) is 6.65. The van der Waals surface area contributed by atoms with E-state index in [1.165, 1.54) is 12.1 Å². The minimum atomic E-state index is -2.49. The van der Waals surface area contributed by atoms with Crippen LogP contribution in [-0.4, -0.2) is 9.97 Å². The Morgan fingerprint density at radius 3 is 2.50 bits per heavy atom. The lowest BCUT2D eigenvalue weighted by Crippen LogP contribution is -2.21. The number of aromatic amines is 1. The van der Waals surface area contributed by atoms with Crippen molar-refractivity contribution in [1.29, 1.82) is 0 Å². The van der Waals surface area contributed by atoms with Crippen molar-refractivity contribution in [2.75, 3.05) is 0 Å². The van der Waals surface area contributed by atoms with E-state index in [1.54, 1.807) is 12.1 Å². The number of aromatic nitrogens is 2. The number of alkyl halides is 2. The van der Waals surface area contributed by atoms with Crippen LogP contribution in [0.3, 0.4) is 0 Å². The van der Waals surface area contributed by atoms with E-state index in [-0.39, 0.29) is 11.1 Å². The largest absolute Gasteiger partial charge is 0.306 e. The van der Waals surface area contributed by atoms with Gasteiger partial charge in [0.2, 0.25) is 0 Å². The quantitative estimate of drug-likeness (QED) is 0.915. The van der Waals surface area contributed by atoms with E-state index in [4.69, 9.17) is 0 Å². The molecule has 3 rings (SSSR count). The fourth-order valence-corrected chi connectivity index (χ4v) is 2.53. The minimum absolute atomic E-state index is 0.0333. The Hall–Kier alpha value is -2.04. The van der Waals surface area contributed by atoms with Gasteiger partial charge in [-0.2, -0.15) is 0 Å². The van der Waals surface area contributed by atoms with Gasteiger partial charge in [0.05, 0.1) is 5.69 Å². The zero-order valence-corrected chi connectivity index (χ0v) is 10.8. The monoisotopic (exact) mass is 276 g/mol. The first-order valence-corrected chi connectivity index (χ1v) is 6.65. The molecule has 0 saturated carbocycles. The Morgan fingerprint density at radius 1 is 1.10 bits per heavy atom. The van der Waals surface area contributed by atoms with Gasteiger partial charge in [-0.25, -0.2) is 13.8 Å². The number of benzene rings is 1. The van der Waals surface area contributed by atoms with Crippen LogP contribution >= 0.6 is 0 Å². The summed E-state index contributed by atoms with van der Waals surface area (Å²) in [6.07, 6.45) is 1.14. The van der Waals surface area contributed by atoms with Crippen LogP contribution in [-0.2, 0) is 12.8 Å². The van der Waals surface area contributed by atoms with Gasteiger partial charge in [0.25, 0.3) is 12.0 Å². The Kier molecular flexibility index (Phi) is 3.34. The molecule has 0 fully saturated rings. The summed E-state index contributed by atoms with van der Waals surface area (Å²) in [5, 5.41) is 0. The standard InChI is InChI=1S/C15H14F2N2O/c16-13(17)9-5-7-10(8-6-9)14-18-12-4-2-1-3-11(12)15(20)19-14/h5-8,13H,1-4H2,(H,18,19,20). The molecule has 104 valence electrons. The zero-order valence-electron chi connectivity index (χ0n) is 10.8. The third-order valence-corrected chi connectivity index (χ3v) is 3.63. The molecule has 1 N–H and O–H groups in total. The van der Waals surface area contributed by atoms with Crippen LogP contribution in [0.15, 0.2) is 29.1 Å². The number of rotatable bonds is 2. The van der Waals surface area contributed by atoms with Gasteiger partial charge in [-0.15, -0.1) is 0 Å². The fourth-order valence-electron chi connectivity index (χ4n) is 2.53. The zero-order chi connectivity index (χ0) is 14.1. The van der Waals surface area contributed by atoms with Crippen LogP contribution in [0.1, 0.15) is 36.1 Å². The van der Waals surface area contributed by atoms with Gasteiger partial charge >= 0.3 is 0 Å². The van der Waals surface area contributed by atoms with Gasteiger partial charge in [0.1, 0.15) is 5.82 Å². The van der Waals surface area contributed by atoms with Crippen molar-refractivity contribution in [3.8, 4) is 11.4 Å². The molecule has 1 aromatic carbocycles. The van der Waals surface area contributed by atoms with Crippen LogP contribution in [0.5, 0.6) is 0 Å². The maximum Gasteiger partial charge on any atom is 0.263 e. The molecule has 20 heavy (non-hydrogen) atoms. The maximum absolute atomic E-state index is 12.5. The van der Waals surface area contributed by atoms with Crippen molar-refractivity contribution in [3.05, 3.63) is 51.4 Å². The Labute approximate surface area is 114 Å². The molecule has 1 aromatic heterocycles. The molecule has 5 heteroatoms. The van der Waals surface area contributed by atoms with Crippen LogP contribution in [0.2, 0.25) is 0 Å². The van der Waals surface area contributed by atoms with Crippen molar-refractivity contribution in [2.45, 2.75) is 32.1 Å². The molecular weight excluding hydrogens is 262 g/mol. The smallest absolute Gasteiger partial charge is 0.263 e. The van der Waals surface area contributed by atoms with Crippen molar-refractivity contribution in [2.24, 2.45) is 0 Å². The average Bonchev–Trinajstić information content (AvgIpc) is 2.47. The van der Waals surface area contributed by atoms with Crippen LogP contribution in [0, 0.1) is 0 Å². The third-order valence-electron chi connectivity index (χ3n) is 3.63. The third kappa shape index (κ3) is 2.35. The number of H-pyrrole nitrogens is 1. The first kappa shape index (κ1) is 13.0. The maximum atomic E-state index is 12.5. The molecule has 1 aliphatic rings. The molecule has 0 atom stereocenters. The second kappa shape index (κ2) is 5.15. The summed E-state index contributed by atoms with van der Waals surface area (Å²) < 4.78 is 25.0. The highest BCUT2D eigenvalue weighted by Crippen LogP contribution is 2.23. The molecule has 0 radical (unpaired) electrons. The summed E-state index contributed by atoms with van der Waals surface area (Å²) in [5.41, 5.74) is 2.12. The van der Waals surface area contributed by atoms with E-state index in [0.29, 0.717) is 11.4 Å². The summed E-state index contributed by atoms with van der Waals surface area (Å²) in [6, 6.07) is 5.85. The summed E-state index contributed by atoms with van der Waals surface area (Å²) in [6.45, 7) is 0. The van der Waals surface area contributed by atoms with E-state index < -0.39 is 6.43 Å². The normalized spacial score (nSPS) is 14.3.